The van der Waals surface area contributed by atoms with Crippen molar-refractivity contribution >= 4 is 18.0 Å². The maximum Gasteiger partial charge on any atom is 0.311 e. The van der Waals surface area contributed by atoms with E-state index in [0.717, 1.165) is 22.6 Å². The smallest absolute Gasteiger partial charge is 0.311 e. The lowest BCUT2D eigenvalue weighted by Crippen LogP contribution is -2.41. The lowest BCUT2D eigenvalue weighted by atomic mass is 9.70. The molecule has 1 aromatic heterocycles. The summed E-state index contributed by atoms with van der Waals surface area (Å²) in [6.07, 6.45) is 4.49. The van der Waals surface area contributed by atoms with Gasteiger partial charge in [0.15, 0.2) is 0 Å². The van der Waals surface area contributed by atoms with Crippen molar-refractivity contribution in [2.24, 2.45) is 5.41 Å². The van der Waals surface area contributed by atoms with Gasteiger partial charge in [0.05, 0.1) is 16.8 Å². The van der Waals surface area contributed by atoms with Crippen LogP contribution in [-0.4, -0.2) is 44.3 Å². The number of carbonyl (C=O) groups is 2. The first kappa shape index (κ1) is 16.6. The van der Waals surface area contributed by atoms with Gasteiger partial charge in [-0.15, -0.1) is 0 Å². The molecule has 1 N–H and O–H groups in total. The molecule has 1 aliphatic carbocycles. The second-order valence-electron chi connectivity index (χ2n) is 7.28. The van der Waals surface area contributed by atoms with Gasteiger partial charge >= 0.3 is 5.97 Å². The Balaban J connectivity index is 1.54. The van der Waals surface area contributed by atoms with Crippen molar-refractivity contribution in [1.82, 2.24) is 14.7 Å². The number of para-hydroxylation sites is 1. The monoisotopic (exact) mass is 351 g/mol. The number of fused-ring (bicyclic) bond motifs is 1. The average molecular weight is 351 g/mol. The number of carboxylic acids is 1. The van der Waals surface area contributed by atoms with Crippen molar-refractivity contribution in [2.75, 3.05) is 6.54 Å². The van der Waals surface area contributed by atoms with Crippen LogP contribution in [0.25, 0.3) is 11.8 Å². The summed E-state index contributed by atoms with van der Waals surface area (Å²) in [6.45, 7) is 4.21. The second-order valence-corrected chi connectivity index (χ2v) is 7.28. The van der Waals surface area contributed by atoms with E-state index in [-0.39, 0.29) is 11.9 Å². The number of aliphatic carboxylic acids is 1. The van der Waals surface area contributed by atoms with Gasteiger partial charge in [0.1, 0.15) is 0 Å². The summed E-state index contributed by atoms with van der Waals surface area (Å²) in [4.78, 5) is 25.6. The molecule has 3 heterocycles. The van der Waals surface area contributed by atoms with Gasteiger partial charge in [-0.05, 0) is 44.9 Å². The SMILES string of the molecule is Cc1nn(-c2ccccc2)c(C)c1/C=C/C(=O)N1CC2(C(=O)O)CC1C2. The minimum Gasteiger partial charge on any atom is -0.481 e. The molecule has 2 saturated heterocycles. The Labute approximate surface area is 151 Å². The zero-order valence-corrected chi connectivity index (χ0v) is 14.8. The van der Waals surface area contributed by atoms with Crippen molar-refractivity contribution < 1.29 is 14.7 Å². The zero-order valence-electron chi connectivity index (χ0n) is 14.8. The Bertz CT molecular complexity index is 908. The van der Waals surface area contributed by atoms with Gasteiger partial charge in [-0.3, -0.25) is 9.59 Å². The van der Waals surface area contributed by atoms with Gasteiger partial charge in [-0.1, -0.05) is 18.2 Å². The van der Waals surface area contributed by atoms with Gasteiger partial charge in [0, 0.05) is 29.9 Å². The number of hydrogen-bond donors (Lipinski definition) is 1. The number of carboxylic acid groups (broad SMARTS) is 1. The molecule has 26 heavy (non-hydrogen) atoms. The molecular formula is C20H21N3O3. The molecular weight excluding hydrogens is 330 g/mol. The molecule has 3 fully saturated rings. The Hall–Kier alpha value is -2.89. The van der Waals surface area contributed by atoms with Gasteiger partial charge in [-0.25, -0.2) is 4.68 Å². The van der Waals surface area contributed by atoms with E-state index < -0.39 is 11.4 Å². The van der Waals surface area contributed by atoms with Crippen molar-refractivity contribution in [3.05, 3.63) is 53.4 Å². The van der Waals surface area contributed by atoms with Crippen molar-refractivity contribution in [2.45, 2.75) is 32.7 Å². The molecule has 0 radical (unpaired) electrons. The molecule has 1 aromatic carbocycles. The molecule has 2 bridgehead atoms. The van der Waals surface area contributed by atoms with Crippen molar-refractivity contribution in [3.63, 3.8) is 0 Å². The van der Waals surface area contributed by atoms with Gasteiger partial charge in [0.25, 0.3) is 0 Å². The van der Waals surface area contributed by atoms with E-state index in [4.69, 9.17) is 0 Å². The number of aryl methyl sites for hydroxylation is 1. The van der Waals surface area contributed by atoms with E-state index >= 15 is 0 Å². The third-order valence-electron chi connectivity index (χ3n) is 5.64. The molecule has 3 aliphatic rings. The van der Waals surface area contributed by atoms with Crippen LogP contribution in [0.2, 0.25) is 0 Å². The summed E-state index contributed by atoms with van der Waals surface area (Å²) in [5.74, 6) is -0.911. The van der Waals surface area contributed by atoms with Gasteiger partial charge in [-0.2, -0.15) is 5.10 Å². The number of hydrogen-bond acceptors (Lipinski definition) is 3. The maximum absolute atomic E-state index is 12.5. The van der Waals surface area contributed by atoms with E-state index in [1.54, 1.807) is 17.1 Å². The predicted molar refractivity (Wildman–Crippen MR) is 96.9 cm³/mol. The zero-order chi connectivity index (χ0) is 18.5. The number of carbonyl (C=O) groups excluding carboxylic acids is 1. The minimum absolute atomic E-state index is 0.0671. The van der Waals surface area contributed by atoms with Crippen LogP contribution in [-0.2, 0) is 9.59 Å². The highest BCUT2D eigenvalue weighted by molar-refractivity contribution is 5.94. The van der Waals surface area contributed by atoms with E-state index in [9.17, 15) is 14.7 Å². The summed E-state index contributed by atoms with van der Waals surface area (Å²) in [5.41, 5.74) is 3.00. The Morgan fingerprint density at radius 3 is 2.54 bits per heavy atom. The van der Waals surface area contributed by atoms with Crippen molar-refractivity contribution in [3.8, 4) is 5.69 Å². The van der Waals surface area contributed by atoms with Gasteiger partial charge < -0.3 is 10.0 Å². The lowest BCUT2D eigenvalue weighted by Gasteiger charge is -2.32. The first-order valence-electron chi connectivity index (χ1n) is 8.75. The van der Waals surface area contributed by atoms with Crippen LogP contribution in [0, 0.1) is 19.3 Å². The first-order valence-corrected chi connectivity index (χ1v) is 8.75. The quantitative estimate of drug-likeness (QED) is 0.859. The van der Waals surface area contributed by atoms with E-state index in [2.05, 4.69) is 5.10 Å². The third-order valence-corrected chi connectivity index (χ3v) is 5.64. The fourth-order valence-electron chi connectivity index (χ4n) is 4.11. The predicted octanol–water partition coefficient (Wildman–Crippen LogP) is 2.58. The number of rotatable bonds is 4. The number of nitrogens with zero attached hydrogens (tertiary/aromatic N) is 3. The van der Waals surface area contributed by atoms with Crippen LogP contribution < -0.4 is 0 Å². The molecule has 1 saturated carbocycles. The van der Waals surface area contributed by atoms with E-state index in [1.165, 1.54) is 0 Å². The molecule has 2 aromatic rings. The highest BCUT2D eigenvalue weighted by Gasteiger charge is 2.60. The summed E-state index contributed by atoms with van der Waals surface area (Å²) in [5, 5.41) is 13.9. The standard InChI is InChI=1S/C20H21N3O3/c1-13-17(14(2)23(21-13)15-6-4-3-5-7-15)8-9-18(24)22-12-20(19(25)26)10-16(22)11-20/h3-9,16H,10-12H2,1-2H3,(H,25,26)/b9-8+. The summed E-state index contributed by atoms with van der Waals surface area (Å²) in [7, 11) is 0. The Morgan fingerprint density at radius 2 is 1.92 bits per heavy atom. The van der Waals surface area contributed by atoms with Gasteiger partial charge in [0.2, 0.25) is 5.91 Å². The molecule has 1 amide bonds. The van der Waals surface area contributed by atoms with E-state index in [1.807, 2.05) is 48.9 Å². The number of benzene rings is 1. The molecule has 2 aliphatic heterocycles. The average Bonchev–Trinajstić information content (AvgIpc) is 3.24. The summed E-state index contributed by atoms with van der Waals surface area (Å²) < 4.78 is 1.87. The lowest BCUT2D eigenvalue weighted by molar-refractivity contribution is -0.151. The number of aromatic nitrogens is 2. The highest BCUT2D eigenvalue weighted by atomic mass is 16.4. The largest absolute Gasteiger partial charge is 0.481 e. The molecule has 6 heteroatoms. The molecule has 0 unspecified atom stereocenters. The summed E-state index contributed by atoms with van der Waals surface area (Å²) >= 11 is 0. The molecule has 0 atom stereocenters. The number of amides is 1. The molecule has 6 nitrogen and oxygen atoms in total. The molecule has 134 valence electrons. The molecule has 0 spiro atoms. The Kier molecular flexibility index (Phi) is 3.72. The van der Waals surface area contributed by atoms with Crippen LogP contribution in [0.3, 0.4) is 0 Å². The van der Waals surface area contributed by atoms with E-state index in [0.29, 0.717) is 19.4 Å². The first-order chi connectivity index (χ1) is 12.4. The highest BCUT2D eigenvalue weighted by Crippen LogP contribution is 2.51. The van der Waals surface area contributed by atoms with Crippen LogP contribution in [0.5, 0.6) is 0 Å². The second kappa shape index (κ2) is 5.83. The Morgan fingerprint density at radius 1 is 1.23 bits per heavy atom. The topological polar surface area (TPSA) is 75.4 Å². The maximum atomic E-state index is 12.5. The minimum atomic E-state index is -0.788. The fraction of sp³-hybridized carbons (Fsp3) is 0.350. The molecule has 5 rings (SSSR count). The third kappa shape index (κ3) is 2.44. The normalized spacial score (nSPS) is 24.1. The van der Waals surface area contributed by atoms with Crippen LogP contribution >= 0.6 is 0 Å². The van der Waals surface area contributed by atoms with Crippen molar-refractivity contribution in [1.29, 1.82) is 0 Å². The van der Waals surface area contributed by atoms with Crippen LogP contribution in [0.4, 0.5) is 0 Å². The fourth-order valence-corrected chi connectivity index (χ4v) is 4.11. The van der Waals surface area contributed by atoms with Crippen LogP contribution in [0.1, 0.15) is 29.8 Å². The van der Waals surface area contributed by atoms with Crippen LogP contribution in [0.15, 0.2) is 36.4 Å². The summed E-state index contributed by atoms with van der Waals surface area (Å²) in [6, 6.07) is 9.92.